The van der Waals surface area contributed by atoms with Crippen LogP contribution in [-0.2, 0) is 0 Å². The average Bonchev–Trinajstić information content (AvgIpc) is 3.15. The van der Waals surface area contributed by atoms with Crippen LogP contribution < -0.4 is 5.32 Å². The zero-order valence-corrected chi connectivity index (χ0v) is 14.0. The highest BCUT2D eigenvalue weighted by Crippen LogP contribution is 2.40. The number of rotatable bonds is 6. The molecule has 0 aromatic carbocycles. The molecule has 3 rings (SSSR count). The normalized spacial score (nSPS) is 41.6. The Labute approximate surface area is 130 Å². The minimum atomic E-state index is 0.0498. The quantitative estimate of drug-likeness (QED) is 0.790. The standard InChI is InChI=1S/C18H34N2O/c1-14-10-15(2)12-20(11-14)9-7-16-4-3-8-18(16,13-21)19-17-5-6-17/h14-17,19,21H,3-13H2,1-2H3. The maximum atomic E-state index is 10.0. The lowest BCUT2D eigenvalue weighted by molar-refractivity contribution is 0.0932. The smallest absolute Gasteiger partial charge is 0.0616 e. The lowest BCUT2D eigenvalue weighted by Gasteiger charge is -2.39. The molecule has 21 heavy (non-hydrogen) atoms. The molecule has 0 bridgehead atoms. The summed E-state index contributed by atoms with van der Waals surface area (Å²) >= 11 is 0. The van der Waals surface area contributed by atoms with Crippen LogP contribution in [-0.4, -0.2) is 47.8 Å². The fraction of sp³-hybridized carbons (Fsp3) is 1.00. The SMILES string of the molecule is CC1CC(C)CN(CCC2CCCC2(CO)NC2CC2)C1. The molecule has 4 atom stereocenters. The van der Waals surface area contributed by atoms with Gasteiger partial charge in [0.25, 0.3) is 0 Å². The summed E-state index contributed by atoms with van der Waals surface area (Å²) < 4.78 is 0. The highest BCUT2D eigenvalue weighted by atomic mass is 16.3. The second kappa shape index (κ2) is 6.55. The molecule has 3 fully saturated rings. The summed E-state index contributed by atoms with van der Waals surface area (Å²) in [4.78, 5) is 2.68. The van der Waals surface area contributed by atoms with Crippen molar-refractivity contribution >= 4 is 0 Å². The van der Waals surface area contributed by atoms with E-state index in [9.17, 15) is 5.11 Å². The van der Waals surface area contributed by atoms with Gasteiger partial charge in [-0.05, 0) is 62.8 Å². The number of aliphatic hydroxyl groups is 1. The number of hydrogen-bond acceptors (Lipinski definition) is 3. The number of likely N-dealkylation sites (tertiary alicyclic amines) is 1. The lowest BCUT2D eigenvalue weighted by Crippen LogP contribution is -2.53. The van der Waals surface area contributed by atoms with Gasteiger partial charge in [-0.1, -0.05) is 20.3 Å². The molecule has 0 spiro atoms. The van der Waals surface area contributed by atoms with Crippen molar-refractivity contribution in [3.63, 3.8) is 0 Å². The molecular formula is C18H34N2O. The minimum absolute atomic E-state index is 0.0498. The van der Waals surface area contributed by atoms with Crippen LogP contribution in [0.25, 0.3) is 0 Å². The molecule has 2 N–H and O–H groups in total. The van der Waals surface area contributed by atoms with E-state index in [-0.39, 0.29) is 5.54 Å². The predicted molar refractivity (Wildman–Crippen MR) is 87.3 cm³/mol. The molecule has 0 aromatic rings. The van der Waals surface area contributed by atoms with Crippen molar-refractivity contribution in [3.8, 4) is 0 Å². The topological polar surface area (TPSA) is 35.5 Å². The highest BCUT2D eigenvalue weighted by molar-refractivity contribution is 5.03. The Bertz CT molecular complexity index is 334. The van der Waals surface area contributed by atoms with E-state index in [1.165, 1.54) is 64.6 Å². The van der Waals surface area contributed by atoms with Gasteiger partial charge in [0.2, 0.25) is 0 Å². The maximum Gasteiger partial charge on any atom is 0.0616 e. The Balaban J connectivity index is 1.53. The van der Waals surface area contributed by atoms with Crippen LogP contribution in [0.15, 0.2) is 0 Å². The number of hydrogen-bond donors (Lipinski definition) is 2. The van der Waals surface area contributed by atoms with Gasteiger partial charge in [-0.3, -0.25) is 0 Å². The molecule has 122 valence electrons. The first kappa shape index (κ1) is 15.8. The molecule has 1 heterocycles. The van der Waals surface area contributed by atoms with Crippen LogP contribution in [0.1, 0.15) is 58.8 Å². The summed E-state index contributed by atoms with van der Waals surface area (Å²) in [6, 6.07) is 0.702. The lowest BCUT2D eigenvalue weighted by atomic mass is 9.84. The summed E-state index contributed by atoms with van der Waals surface area (Å²) in [6.07, 6.45) is 9.06. The fourth-order valence-electron chi connectivity index (χ4n) is 4.96. The largest absolute Gasteiger partial charge is 0.394 e. The van der Waals surface area contributed by atoms with Crippen molar-refractivity contribution in [2.24, 2.45) is 17.8 Å². The molecule has 3 nitrogen and oxygen atoms in total. The highest BCUT2D eigenvalue weighted by Gasteiger charge is 2.45. The van der Waals surface area contributed by atoms with Crippen molar-refractivity contribution in [2.45, 2.75) is 70.4 Å². The summed E-state index contributed by atoms with van der Waals surface area (Å²) in [7, 11) is 0. The van der Waals surface area contributed by atoms with Gasteiger partial charge in [0.05, 0.1) is 6.61 Å². The van der Waals surface area contributed by atoms with Gasteiger partial charge < -0.3 is 15.3 Å². The van der Waals surface area contributed by atoms with Crippen LogP contribution in [0, 0.1) is 17.8 Å². The summed E-state index contributed by atoms with van der Waals surface area (Å²) in [6.45, 7) is 8.91. The summed E-state index contributed by atoms with van der Waals surface area (Å²) in [5, 5.41) is 13.8. The first-order chi connectivity index (χ1) is 10.1. The van der Waals surface area contributed by atoms with Gasteiger partial charge in [-0.2, -0.15) is 0 Å². The van der Waals surface area contributed by atoms with Crippen LogP contribution in [0.4, 0.5) is 0 Å². The molecule has 0 radical (unpaired) electrons. The van der Waals surface area contributed by atoms with Gasteiger partial charge in [0.15, 0.2) is 0 Å². The van der Waals surface area contributed by atoms with Crippen molar-refractivity contribution in [2.75, 3.05) is 26.2 Å². The Kier molecular flexibility index (Phi) is 4.92. The maximum absolute atomic E-state index is 10.0. The molecule has 1 saturated heterocycles. The second-order valence-electron chi connectivity index (χ2n) is 8.32. The Morgan fingerprint density at radius 3 is 2.48 bits per heavy atom. The van der Waals surface area contributed by atoms with E-state index >= 15 is 0 Å². The molecule has 0 aromatic heterocycles. The van der Waals surface area contributed by atoms with E-state index in [4.69, 9.17) is 0 Å². The van der Waals surface area contributed by atoms with E-state index in [0.29, 0.717) is 18.6 Å². The van der Waals surface area contributed by atoms with Crippen LogP contribution in [0.3, 0.4) is 0 Å². The number of aliphatic hydroxyl groups excluding tert-OH is 1. The van der Waals surface area contributed by atoms with E-state index < -0.39 is 0 Å². The predicted octanol–water partition coefficient (Wildman–Crippen LogP) is 2.64. The molecular weight excluding hydrogens is 260 g/mol. The third kappa shape index (κ3) is 3.80. The van der Waals surface area contributed by atoms with Crippen molar-refractivity contribution in [1.82, 2.24) is 10.2 Å². The Hall–Kier alpha value is -0.120. The third-order valence-electron chi connectivity index (χ3n) is 6.05. The average molecular weight is 294 g/mol. The zero-order valence-electron chi connectivity index (χ0n) is 14.0. The molecule has 4 unspecified atom stereocenters. The summed E-state index contributed by atoms with van der Waals surface area (Å²) in [5.41, 5.74) is 0.0498. The van der Waals surface area contributed by atoms with Gasteiger partial charge in [-0.25, -0.2) is 0 Å². The summed E-state index contributed by atoms with van der Waals surface area (Å²) in [5.74, 6) is 2.38. The van der Waals surface area contributed by atoms with Gasteiger partial charge in [0, 0.05) is 24.7 Å². The molecule has 0 amide bonds. The first-order valence-corrected chi connectivity index (χ1v) is 9.22. The van der Waals surface area contributed by atoms with E-state index in [1.807, 2.05) is 0 Å². The van der Waals surface area contributed by atoms with Crippen molar-refractivity contribution in [3.05, 3.63) is 0 Å². The van der Waals surface area contributed by atoms with Crippen LogP contribution in [0.5, 0.6) is 0 Å². The van der Waals surface area contributed by atoms with Gasteiger partial charge >= 0.3 is 0 Å². The number of piperidine rings is 1. The Morgan fingerprint density at radius 1 is 1.14 bits per heavy atom. The van der Waals surface area contributed by atoms with Crippen LogP contribution >= 0.6 is 0 Å². The molecule has 2 saturated carbocycles. The van der Waals surface area contributed by atoms with Gasteiger partial charge in [0.1, 0.15) is 0 Å². The molecule has 1 aliphatic heterocycles. The molecule has 3 aliphatic rings. The number of nitrogens with one attached hydrogen (secondary N) is 1. The molecule has 2 aliphatic carbocycles. The number of nitrogens with zero attached hydrogens (tertiary/aromatic N) is 1. The first-order valence-electron chi connectivity index (χ1n) is 9.22. The van der Waals surface area contributed by atoms with Gasteiger partial charge in [-0.15, -0.1) is 0 Å². The van der Waals surface area contributed by atoms with E-state index in [0.717, 1.165) is 11.8 Å². The zero-order chi connectivity index (χ0) is 14.9. The van der Waals surface area contributed by atoms with Crippen molar-refractivity contribution in [1.29, 1.82) is 0 Å². The molecule has 3 heteroatoms. The van der Waals surface area contributed by atoms with Crippen molar-refractivity contribution < 1.29 is 5.11 Å². The van der Waals surface area contributed by atoms with E-state index in [1.54, 1.807) is 0 Å². The Morgan fingerprint density at radius 2 is 1.86 bits per heavy atom. The van der Waals surface area contributed by atoms with E-state index in [2.05, 4.69) is 24.1 Å². The van der Waals surface area contributed by atoms with Crippen LogP contribution in [0.2, 0.25) is 0 Å². The second-order valence-corrected chi connectivity index (χ2v) is 8.32. The fourth-order valence-corrected chi connectivity index (χ4v) is 4.96. The minimum Gasteiger partial charge on any atom is -0.394 e. The third-order valence-corrected chi connectivity index (χ3v) is 6.05. The monoisotopic (exact) mass is 294 g/mol.